The van der Waals surface area contributed by atoms with Crippen LogP contribution >= 0.6 is 10.9 Å². The molecular weight excluding hydrogens is 310 g/mol. The second-order valence-electron chi connectivity index (χ2n) is 4.29. The molecule has 0 atom stereocenters. The number of anilines is 1. The summed E-state index contributed by atoms with van der Waals surface area (Å²) in [7, 11) is -1.29. The van der Waals surface area contributed by atoms with Gasteiger partial charge < -0.3 is 24.5 Å². The van der Waals surface area contributed by atoms with Gasteiger partial charge in [0.05, 0.1) is 16.0 Å². The average molecular weight is 325 g/mol. The zero-order valence-corrected chi connectivity index (χ0v) is 12.6. The molecule has 2 aromatic carbocycles. The van der Waals surface area contributed by atoms with E-state index in [9.17, 15) is 18.8 Å². The van der Waals surface area contributed by atoms with Gasteiger partial charge in [-0.2, -0.15) is 20.5 Å². The van der Waals surface area contributed by atoms with E-state index >= 15 is 0 Å². The van der Waals surface area contributed by atoms with Crippen molar-refractivity contribution < 1.29 is 18.8 Å². The SMILES string of the molecule is CN=Nc1ccc2cc(S(O)(O)O)c(N=NC)c(O)c2c1N. The van der Waals surface area contributed by atoms with Gasteiger partial charge in [0.15, 0.2) is 5.75 Å². The van der Waals surface area contributed by atoms with Crippen LogP contribution in [0.3, 0.4) is 0 Å². The number of phenolic OH excluding ortho intramolecular Hbond substituents is 1. The number of benzene rings is 2. The summed E-state index contributed by atoms with van der Waals surface area (Å²) < 4.78 is 28.5. The Morgan fingerprint density at radius 1 is 1.05 bits per heavy atom. The highest BCUT2D eigenvalue weighted by molar-refractivity contribution is 8.19. The van der Waals surface area contributed by atoms with Gasteiger partial charge in [0.2, 0.25) is 0 Å². The minimum atomic E-state index is -4.10. The fraction of sp³-hybridized carbons (Fsp3) is 0.167. The molecule has 118 valence electrons. The molecule has 0 aliphatic heterocycles. The highest BCUT2D eigenvalue weighted by Crippen LogP contribution is 2.55. The molecule has 0 fully saturated rings. The maximum Gasteiger partial charge on any atom is 0.154 e. The van der Waals surface area contributed by atoms with Crippen molar-refractivity contribution in [1.29, 1.82) is 0 Å². The summed E-state index contributed by atoms with van der Waals surface area (Å²) in [6.45, 7) is 0. The van der Waals surface area contributed by atoms with E-state index < -0.39 is 16.6 Å². The minimum absolute atomic E-state index is 0.147. The fourth-order valence-electron chi connectivity index (χ4n) is 2.05. The van der Waals surface area contributed by atoms with Gasteiger partial charge in [-0.25, -0.2) is 0 Å². The zero-order chi connectivity index (χ0) is 16.5. The molecule has 0 amide bonds. The topological polar surface area (TPSA) is 156 Å². The third kappa shape index (κ3) is 2.72. The van der Waals surface area contributed by atoms with Gasteiger partial charge >= 0.3 is 0 Å². The molecule has 0 radical (unpaired) electrons. The van der Waals surface area contributed by atoms with Crippen molar-refractivity contribution in [1.82, 2.24) is 0 Å². The molecule has 0 aliphatic carbocycles. The van der Waals surface area contributed by atoms with Crippen molar-refractivity contribution in [2.75, 3.05) is 19.8 Å². The first-order valence-corrected chi connectivity index (χ1v) is 7.50. The Morgan fingerprint density at radius 2 is 1.68 bits per heavy atom. The van der Waals surface area contributed by atoms with Gasteiger partial charge in [-0.05, 0) is 17.5 Å². The van der Waals surface area contributed by atoms with Crippen molar-refractivity contribution in [3.8, 4) is 5.75 Å². The van der Waals surface area contributed by atoms with Crippen molar-refractivity contribution in [3.63, 3.8) is 0 Å². The van der Waals surface area contributed by atoms with Crippen LogP contribution in [-0.2, 0) is 0 Å². The van der Waals surface area contributed by atoms with Crippen LogP contribution in [0, 0.1) is 0 Å². The number of nitrogens with two attached hydrogens (primary N) is 1. The summed E-state index contributed by atoms with van der Waals surface area (Å²) >= 11 is 0. The van der Waals surface area contributed by atoms with Crippen molar-refractivity contribution >= 4 is 38.7 Å². The molecule has 2 aromatic rings. The maximum absolute atomic E-state index is 10.4. The highest BCUT2D eigenvalue weighted by atomic mass is 32.3. The Morgan fingerprint density at radius 3 is 2.23 bits per heavy atom. The van der Waals surface area contributed by atoms with Gasteiger partial charge in [0, 0.05) is 14.1 Å². The van der Waals surface area contributed by atoms with Crippen LogP contribution in [0.2, 0.25) is 0 Å². The lowest BCUT2D eigenvalue weighted by Crippen LogP contribution is -1.98. The van der Waals surface area contributed by atoms with Crippen LogP contribution in [0.1, 0.15) is 0 Å². The van der Waals surface area contributed by atoms with Crippen molar-refractivity contribution in [3.05, 3.63) is 18.2 Å². The number of nitrogens with zero attached hydrogens (tertiary/aromatic N) is 4. The largest absolute Gasteiger partial charge is 0.505 e. The Kier molecular flexibility index (Phi) is 4.28. The molecule has 0 unspecified atom stereocenters. The molecular formula is C12H15N5O4S. The quantitative estimate of drug-likeness (QED) is 0.423. The van der Waals surface area contributed by atoms with Crippen LogP contribution in [-0.4, -0.2) is 32.9 Å². The van der Waals surface area contributed by atoms with Crippen LogP contribution in [0.4, 0.5) is 17.1 Å². The summed E-state index contributed by atoms with van der Waals surface area (Å²) in [6.07, 6.45) is 0. The summed E-state index contributed by atoms with van der Waals surface area (Å²) in [4.78, 5) is -0.340. The summed E-state index contributed by atoms with van der Waals surface area (Å²) in [5.74, 6) is -0.433. The molecule has 2 rings (SSSR count). The van der Waals surface area contributed by atoms with Crippen LogP contribution in [0.5, 0.6) is 5.75 Å². The Hall–Kier alpha value is -2.27. The number of azo groups is 2. The lowest BCUT2D eigenvalue weighted by atomic mass is 10.1. The smallest absolute Gasteiger partial charge is 0.154 e. The zero-order valence-electron chi connectivity index (χ0n) is 11.8. The lowest BCUT2D eigenvalue weighted by molar-refractivity contribution is 0.375. The summed E-state index contributed by atoms with van der Waals surface area (Å²) in [5, 5.41) is 25.6. The predicted octanol–water partition coefficient (Wildman–Crippen LogP) is 4.14. The third-order valence-corrected chi connectivity index (χ3v) is 3.84. The van der Waals surface area contributed by atoms with Crippen LogP contribution in [0.15, 0.2) is 43.6 Å². The second kappa shape index (κ2) is 5.85. The van der Waals surface area contributed by atoms with E-state index in [0.29, 0.717) is 11.1 Å². The molecule has 9 nitrogen and oxygen atoms in total. The predicted molar refractivity (Wildman–Crippen MR) is 84.6 cm³/mol. The van der Waals surface area contributed by atoms with Gasteiger partial charge in [-0.15, -0.1) is 0 Å². The molecule has 10 heteroatoms. The highest BCUT2D eigenvalue weighted by Gasteiger charge is 2.26. The standard InChI is InChI=1S/C12H15N5O4S/c1-14-16-7-4-3-6-5-8(22(19,20)21)11(17-15-2)12(18)9(6)10(7)13/h3-5,18-21H,13H2,1-2H3. The van der Waals surface area contributed by atoms with Crippen molar-refractivity contribution in [2.24, 2.45) is 20.5 Å². The van der Waals surface area contributed by atoms with E-state index in [1.165, 1.54) is 20.2 Å². The average Bonchev–Trinajstić information content (AvgIpc) is 2.43. The van der Waals surface area contributed by atoms with E-state index in [1.54, 1.807) is 12.1 Å². The summed E-state index contributed by atoms with van der Waals surface area (Å²) in [5.41, 5.74) is 6.18. The number of hydrogen-bond donors (Lipinski definition) is 5. The molecule has 22 heavy (non-hydrogen) atoms. The van der Waals surface area contributed by atoms with Gasteiger partial charge in [0.1, 0.15) is 22.2 Å². The molecule has 0 heterocycles. The molecule has 0 saturated heterocycles. The van der Waals surface area contributed by atoms with Crippen LogP contribution < -0.4 is 5.73 Å². The number of hydrogen-bond acceptors (Lipinski definition) is 9. The number of aromatic hydroxyl groups is 1. The Balaban J connectivity index is 2.94. The second-order valence-corrected chi connectivity index (χ2v) is 5.76. The number of nitrogen functional groups attached to an aromatic ring is 1. The normalized spacial score (nSPS) is 13.5. The third-order valence-electron chi connectivity index (χ3n) is 2.94. The van der Waals surface area contributed by atoms with Gasteiger partial charge in [-0.1, -0.05) is 6.07 Å². The molecule has 0 aromatic heterocycles. The Labute approximate surface area is 127 Å². The first kappa shape index (κ1) is 16.1. The van der Waals surface area contributed by atoms with Gasteiger partial charge in [-0.3, -0.25) is 0 Å². The molecule has 0 bridgehead atoms. The minimum Gasteiger partial charge on any atom is -0.505 e. The fourth-order valence-corrected chi connectivity index (χ4v) is 2.74. The first-order chi connectivity index (χ1) is 10.3. The van der Waals surface area contributed by atoms with Crippen LogP contribution in [0.25, 0.3) is 10.8 Å². The number of rotatable bonds is 3. The van der Waals surface area contributed by atoms with Gasteiger partial charge in [0.25, 0.3) is 0 Å². The van der Waals surface area contributed by atoms with E-state index in [1.807, 2.05) is 0 Å². The molecule has 0 spiro atoms. The monoisotopic (exact) mass is 325 g/mol. The van der Waals surface area contributed by atoms with E-state index in [4.69, 9.17) is 5.73 Å². The van der Waals surface area contributed by atoms with E-state index in [2.05, 4.69) is 20.5 Å². The lowest BCUT2D eigenvalue weighted by Gasteiger charge is -2.22. The molecule has 6 N–H and O–H groups in total. The van der Waals surface area contributed by atoms with E-state index in [0.717, 1.165) is 0 Å². The molecule has 0 saturated carbocycles. The van der Waals surface area contributed by atoms with E-state index in [-0.39, 0.29) is 21.7 Å². The number of fused-ring (bicyclic) bond motifs is 1. The molecule has 0 aliphatic rings. The Bertz CT molecular complexity index is 785. The maximum atomic E-state index is 10.4. The van der Waals surface area contributed by atoms with Crippen molar-refractivity contribution in [2.45, 2.75) is 4.90 Å². The first-order valence-electron chi connectivity index (χ1n) is 5.99. The number of phenols is 1. The summed E-state index contributed by atoms with van der Waals surface area (Å²) in [6, 6.07) is 4.38.